The van der Waals surface area contributed by atoms with Crippen molar-refractivity contribution >= 4 is 5.97 Å². The van der Waals surface area contributed by atoms with E-state index in [1.165, 1.54) is 36.2 Å². The zero-order valence-electron chi connectivity index (χ0n) is 19.5. The number of aryl methyl sites for hydroxylation is 2. The highest BCUT2D eigenvalue weighted by Gasteiger charge is 2.38. The number of hydrogen-bond donors (Lipinski definition) is 1. The fraction of sp³-hybridized carbons (Fsp3) is 0.556. The third-order valence-electron chi connectivity index (χ3n) is 7.20. The van der Waals surface area contributed by atoms with Crippen molar-refractivity contribution in [3.05, 3.63) is 64.2 Å². The van der Waals surface area contributed by atoms with Gasteiger partial charge in [-0.25, -0.2) is 4.39 Å². The number of carboxylic acids is 1. The molecular formula is C27H33FN2O4. The van der Waals surface area contributed by atoms with Crippen molar-refractivity contribution in [1.82, 2.24) is 9.88 Å². The van der Waals surface area contributed by atoms with Gasteiger partial charge in [-0.1, -0.05) is 12.1 Å². The average molecular weight is 469 g/mol. The molecule has 1 saturated carbocycles. The van der Waals surface area contributed by atoms with Gasteiger partial charge in [0.2, 0.25) is 0 Å². The van der Waals surface area contributed by atoms with Crippen molar-refractivity contribution in [2.24, 2.45) is 0 Å². The summed E-state index contributed by atoms with van der Waals surface area (Å²) in [4.78, 5) is 18.8. The number of pyridine rings is 1. The summed E-state index contributed by atoms with van der Waals surface area (Å²) in [6.07, 6.45) is 7.42. The Morgan fingerprint density at radius 2 is 2.00 bits per heavy atom. The maximum absolute atomic E-state index is 14.0. The number of benzene rings is 1. The van der Waals surface area contributed by atoms with Gasteiger partial charge in [-0.15, -0.1) is 0 Å². The summed E-state index contributed by atoms with van der Waals surface area (Å²) in [5.74, 6) is -0.967. The van der Waals surface area contributed by atoms with E-state index in [0.29, 0.717) is 44.4 Å². The van der Waals surface area contributed by atoms with Crippen molar-refractivity contribution in [3.63, 3.8) is 0 Å². The molecule has 5 rings (SSSR count). The molecule has 2 aliphatic carbocycles. The lowest BCUT2D eigenvalue weighted by Crippen LogP contribution is -2.34. The van der Waals surface area contributed by atoms with Gasteiger partial charge in [-0.2, -0.15) is 0 Å². The number of hydrogen-bond acceptors (Lipinski definition) is 5. The first-order valence-electron chi connectivity index (χ1n) is 12.5. The van der Waals surface area contributed by atoms with Crippen molar-refractivity contribution in [1.29, 1.82) is 0 Å². The molecule has 1 aromatic carbocycles. The van der Waals surface area contributed by atoms with Gasteiger partial charge >= 0.3 is 5.97 Å². The fourth-order valence-electron chi connectivity index (χ4n) is 5.32. The maximum atomic E-state index is 14.0. The van der Waals surface area contributed by atoms with E-state index in [2.05, 4.69) is 6.07 Å². The third-order valence-corrected chi connectivity index (χ3v) is 7.20. The molecule has 0 radical (unpaired) electrons. The second kappa shape index (κ2) is 10.5. The number of aliphatic carboxylic acids is 1. The first-order valence-corrected chi connectivity index (χ1v) is 12.5. The molecule has 2 aromatic rings. The molecule has 34 heavy (non-hydrogen) atoms. The van der Waals surface area contributed by atoms with Gasteiger partial charge in [0.25, 0.3) is 0 Å². The third kappa shape index (κ3) is 5.48. The molecule has 1 aliphatic heterocycles. The summed E-state index contributed by atoms with van der Waals surface area (Å²) in [6.45, 7) is 2.52. The number of aromatic nitrogens is 1. The van der Waals surface area contributed by atoms with E-state index in [-0.39, 0.29) is 11.9 Å². The molecule has 2 atom stereocenters. The van der Waals surface area contributed by atoms with Gasteiger partial charge in [0.05, 0.1) is 31.6 Å². The van der Waals surface area contributed by atoms with E-state index in [1.807, 2.05) is 11.0 Å². The Hall–Kier alpha value is -2.35. The van der Waals surface area contributed by atoms with Gasteiger partial charge in [-0.05, 0) is 85.8 Å². The molecule has 0 amide bonds. The minimum absolute atomic E-state index is 0.0507. The predicted octanol–water partition coefficient (Wildman–Crippen LogP) is 4.41. The molecule has 0 spiro atoms. The zero-order chi connectivity index (χ0) is 23.5. The molecule has 182 valence electrons. The smallest absolute Gasteiger partial charge is 0.325 e. The SMILES string of the molecule is O=C(O)C(c1cc(F)ccc1C1CC1)N1CC[C@@H](OCCOCc2ccc3c(n2)CCCC3)C1. The first-order chi connectivity index (χ1) is 16.6. The van der Waals surface area contributed by atoms with Crippen molar-refractivity contribution in [2.75, 3.05) is 26.3 Å². The summed E-state index contributed by atoms with van der Waals surface area (Å²) >= 11 is 0. The van der Waals surface area contributed by atoms with Crippen molar-refractivity contribution in [3.8, 4) is 0 Å². The van der Waals surface area contributed by atoms with Gasteiger partial charge in [-0.3, -0.25) is 14.7 Å². The van der Waals surface area contributed by atoms with Crippen molar-refractivity contribution in [2.45, 2.75) is 69.6 Å². The summed E-state index contributed by atoms with van der Waals surface area (Å²) in [7, 11) is 0. The van der Waals surface area contributed by atoms with Gasteiger partial charge in [0.1, 0.15) is 11.9 Å². The van der Waals surface area contributed by atoms with Crippen LogP contribution in [0.1, 0.15) is 72.1 Å². The molecule has 7 heteroatoms. The molecule has 6 nitrogen and oxygen atoms in total. The molecule has 2 heterocycles. The number of carbonyl (C=O) groups is 1. The van der Waals surface area contributed by atoms with Crippen LogP contribution in [-0.4, -0.2) is 53.4 Å². The number of rotatable bonds is 10. The highest BCUT2D eigenvalue weighted by Crippen LogP contribution is 2.44. The largest absolute Gasteiger partial charge is 0.480 e. The van der Waals surface area contributed by atoms with Crippen LogP contribution in [0.15, 0.2) is 30.3 Å². The summed E-state index contributed by atoms with van der Waals surface area (Å²) in [6, 6.07) is 7.99. The number of ether oxygens (including phenoxy) is 2. The van der Waals surface area contributed by atoms with Gasteiger partial charge < -0.3 is 14.6 Å². The highest BCUT2D eigenvalue weighted by atomic mass is 19.1. The average Bonchev–Trinajstić information content (AvgIpc) is 3.57. The topological polar surface area (TPSA) is 71.9 Å². The minimum atomic E-state index is -0.936. The molecule has 3 aliphatic rings. The molecule has 1 unspecified atom stereocenters. The lowest BCUT2D eigenvalue weighted by atomic mass is 9.96. The van der Waals surface area contributed by atoms with Gasteiger partial charge in [0.15, 0.2) is 0 Å². The Balaban J connectivity index is 1.10. The van der Waals surface area contributed by atoms with E-state index in [4.69, 9.17) is 14.5 Å². The molecule has 0 bridgehead atoms. The van der Waals surface area contributed by atoms with Crippen LogP contribution in [0, 0.1) is 5.82 Å². The molecular weight excluding hydrogens is 435 g/mol. The number of nitrogens with zero attached hydrogens (tertiary/aromatic N) is 2. The Morgan fingerprint density at radius 1 is 1.15 bits per heavy atom. The van der Waals surface area contributed by atoms with Crippen LogP contribution in [0.4, 0.5) is 4.39 Å². The van der Waals surface area contributed by atoms with Crippen LogP contribution in [0.5, 0.6) is 0 Å². The van der Waals surface area contributed by atoms with E-state index < -0.39 is 12.0 Å². The molecule has 1 aromatic heterocycles. The normalized spacial score (nSPS) is 21.4. The quantitative estimate of drug-likeness (QED) is 0.521. The maximum Gasteiger partial charge on any atom is 0.325 e. The second-order valence-electron chi connectivity index (χ2n) is 9.73. The van der Waals surface area contributed by atoms with Gasteiger partial charge in [0, 0.05) is 18.8 Å². The van der Waals surface area contributed by atoms with E-state index >= 15 is 0 Å². The second-order valence-corrected chi connectivity index (χ2v) is 9.73. The lowest BCUT2D eigenvalue weighted by Gasteiger charge is -2.26. The number of fused-ring (bicyclic) bond motifs is 1. The Kier molecular flexibility index (Phi) is 7.23. The van der Waals surface area contributed by atoms with E-state index in [0.717, 1.165) is 43.4 Å². The predicted molar refractivity (Wildman–Crippen MR) is 125 cm³/mol. The number of likely N-dealkylation sites (tertiary alicyclic amines) is 1. The van der Waals surface area contributed by atoms with Crippen LogP contribution in [0.25, 0.3) is 0 Å². The lowest BCUT2D eigenvalue weighted by molar-refractivity contribution is -0.143. The van der Waals surface area contributed by atoms with Crippen LogP contribution in [0.2, 0.25) is 0 Å². The monoisotopic (exact) mass is 468 g/mol. The Bertz CT molecular complexity index is 1030. The van der Waals surface area contributed by atoms with Crippen LogP contribution in [-0.2, 0) is 33.7 Å². The van der Waals surface area contributed by atoms with Crippen LogP contribution >= 0.6 is 0 Å². The molecule has 1 saturated heterocycles. The summed E-state index contributed by atoms with van der Waals surface area (Å²) < 4.78 is 25.8. The zero-order valence-corrected chi connectivity index (χ0v) is 19.5. The standard InChI is InChI=1S/C27H33FN2O4/c28-20-8-10-23(18-5-6-18)24(15-20)26(27(31)32)30-12-11-22(16-30)34-14-13-33-17-21-9-7-19-3-1-2-4-25(19)29-21/h7-10,15,18,22,26H,1-6,11-14,16-17H2,(H,31,32)/t22-,26?/m1/s1. The Morgan fingerprint density at radius 3 is 2.82 bits per heavy atom. The summed E-state index contributed by atoms with van der Waals surface area (Å²) in [5, 5.41) is 9.99. The number of carboxylic acid groups (broad SMARTS) is 1. The summed E-state index contributed by atoms with van der Waals surface area (Å²) in [5.41, 5.74) is 5.11. The van der Waals surface area contributed by atoms with E-state index in [1.54, 1.807) is 6.07 Å². The molecule has 1 N–H and O–H groups in total. The fourth-order valence-corrected chi connectivity index (χ4v) is 5.32. The number of halogens is 1. The highest BCUT2D eigenvalue weighted by molar-refractivity contribution is 5.76. The Labute approximate surface area is 200 Å². The minimum Gasteiger partial charge on any atom is -0.480 e. The molecule has 2 fully saturated rings. The van der Waals surface area contributed by atoms with Crippen molar-refractivity contribution < 1.29 is 23.8 Å². The van der Waals surface area contributed by atoms with Crippen LogP contribution < -0.4 is 0 Å². The van der Waals surface area contributed by atoms with E-state index in [9.17, 15) is 14.3 Å². The first kappa shape index (κ1) is 23.4. The van der Waals surface area contributed by atoms with Crippen LogP contribution in [0.3, 0.4) is 0 Å².